The molecule has 2 aromatic rings. The summed E-state index contributed by atoms with van der Waals surface area (Å²) < 4.78 is 5.60. The Labute approximate surface area is 166 Å². The second kappa shape index (κ2) is 9.50. The van der Waals surface area contributed by atoms with Gasteiger partial charge in [-0.2, -0.15) is 11.8 Å². The Hall–Kier alpha value is -1.68. The van der Waals surface area contributed by atoms with Crippen molar-refractivity contribution in [1.29, 1.82) is 0 Å². The van der Waals surface area contributed by atoms with Gasteiger partial charge in [-0.25, -0.2) is 4.79 Å². The summed E-state index contributed by atoms with van der Waals surface area (Å²) in [5.74, 6) is 2.71. The minimum absolute atomic E-state index is 0.0204. The van der Waals surface area contributed by atoms with Crippen molar-refractivity contribution in [2.24, 2.45) is 11.8 Å². The van der Waals surface area contributed by atoms with E-state index in [1.54, 1.807) is 6.07 Å². The molecule has 0 saturated heterocycles. The summed E-state index contributed by atoms with van der Waals surface area (Å²) in [6.45, 7) is 4.32. The molecule has 1 N–H and O–H groups in total. The maximum Gasteiger partial charge on any atom is 0.344 e. The average molecular weight is 387 g/mol. The van der Waals surface area contributed by atoms with Gasteiger partial charge in [-0.3, -0.25) is 0 Å². The number of benzene rings is 1. The van der Waals surface area contributed by atoms with Crippen molar-refractivity contribution in [3.05, 3.63) is 52.4 Å². The van der Waals surface area contributed by atoms with Crippen LogP contribution < -0.4 is 5.63 Å². The summed E-state index contributed by atoms with van der Waals surface area (Å²) in [7, 11) is 0. The van der Waals surface area contributed by atoms with E-state index in [1.165, 1.54) is 32.1 Å². The molecule has 146 valence electrons. The molecule has 1 fully saturated rings. The molecule has 1 aromatic carbocycles. The van der Waals surface area contributed by atoms with Crippen LogP contribution in [0.1, 0.15) is 63.2 Å². The van der Waals surface area contributed by atoms with Gasteiger partial charge in [0, 0.05) is 16.9 Å². The number of rotatable bonds is 7. The van der Waals surface area contributed by atoms with Crippen LogP contribution in [0.2, 0.25) is 0 Å². The average Bonchev–Trinajstić information content (AvgIpc) is 2.66. The molecule has 27 heavy (non-hydrogen) atoms. The topological polar surface area (TPSA) is 50.4 Å². The molecule has 1 atom stereocenters. The van der Waals surface area contributed by atoms with E-state index in [2.05, 4.69) is 13.8 Å². The first-order valence-electron chi connectivity index (χ1n) is 10.1. The van der Waals surface area contributed by atoms with E-state index < -0.39 is 5.63 Å². The van der Waals surface area contributed by atoms with Crippen LogP contribution in [-0.4, -0.2) is 10.9 Å². The normalized spacial score (nSPS) is 16.6. The molecule has 1 aliphatic carbocycles. The summed E-state index contributed by atoms with van der Waals surface area (Å²) in [6, 6.07) is 11.0. The van der Waals surface area contributed by atoms with Gasteiger partial charge in [-0.1, -0.05) is 63.4 Å². The van der Waals surface area contributed by atoms with Crippen LogP contribution in [-0.2, 0) is 0 Å². The van der Waals surface area contributed by atoms with Crippen LogP contribution in [0.4, 0.5) is 0 Å². The molecule has 1 unspecified atom stereocenters. The van der Waals surface area contributed by atoms with Gasteiger partial charge in [-0.05, 0) is 36.9 Å². The van der Waals surface area contributed by atoms with Crippen molar-refractivity contribution in [1.82, 2.24) is 0 Å². The van der Waals surface area contributed by atoms with Crippen molar-refractivity contribution in [3.63, 3.8) is 0 Å². The first kappa shape index (κ1) is 20.1. The van der Waals surface area contributed by atoms with Crippen molar-refractivity contribution >= 4 is 11.8 Å². The van der Waals surface area contributed by atoms with Gasteiger partial charge in [0.2, 0.25) is 0 Å². The standard InChI is InChI=1S/C23H30O3S/c1-16(2)13-21(27-15-17-9-5-3-6-10-17)22-19(24)14-20(26-23(22)25)18-11-7-4-8-12-18/h4,7-8,11-12,14,16-17,21,24H,3,5-6,9-10,13,15H2,1-2H3. The Morgan fingerprint density at radius 1 is 1.15 bits per heavy atom. The third kappa shape index (κ3) is 5.41. The van der Waals surface area contributed by atoms with Gasteiger partial charge in [0.1, 0.15) is 11.5 Å². The highest BCUT2D eigenvalue weighted by atomic mass is 32.2. The molecule has 3 rings (SSSR count). The van der Waals surface area contributed by atoms with Gasteiger partial charge in [-0.15, -0.1) is 0 Å². The van der Waals surface area contributed by atoms with Crippen LogP contribution in [0.25, 0.3) is 11.3 Å². The molecule has 0 radical (unpaired) electrons. The Morgan fingerprint density at radius 3 is 2.48 bits per heavy atom. The highest BCUT2D eigenvalue weighted by Gasteiger charge is 2.25. The molecule has 0 spiro atoms. The van der Waals surface area contributed by atoms with E-state index in [-0.39, 0.29) is 11.0 Å². The van der Waals surface area contributed by atoms with E-state index in [9.17, 15) is 9.90 Å². The Bertz CT molecular complexity index is 776. The largest absolute Gasteiger partial charge is 0.507 e. The first-order chi connectivity index (χ1) is 13.0. The van der Waals surface area contributed by atoms with Crippen molar-refractivity contribution in [3.8, 4) is 17.1 Å². The SMILES string of the molecule is CC(C)CC(SCC1CCCCC1)c1c(O)cc(-c2ccccc2)oc1=O. The number of hydrogen-bond donors (Lipinski definition) is 1. The molecule has 1 saturated carbocycles. The van der Waals surface area contributed by atoms with Crippen LogP contribution in [0.15, 0.2) is 45.6 Å². The Balaban J connectivity index is 1.83. The van der Waals surface area contributed by atoms with Crippen molar-refractivity contribution < 1.29 is 9.52 Å². The molecule has 0 aliphatic heterocycles. The Morgan fingerprint density at radius 2 is 1.85 bits per heavy atom. The fourth-order valence-electron chi connectivity index (χ4n) is 3.84. The van der Waals surface area contributed by atoms with Gasteiger partial charge in [0.15, 0.2) is 0 Å². The second-order valence-electron chi connectivity index (χ2n) is 8.02. The van der Waals surface area contributed by atoms with E-state index in [0.717, 1.165) is 23.7 Å². The van der Waals surface area contributed by atoms with Crippen LogP contribution in [0.3, 0.4) is 0 Å². The van der Waals surface area contributed by atoms with Crippen molar-refractivity contribution in [2.75, 3.05) is 5.75 Å². The van der Waals surface area contributed by atoms with Crippen LogP contribution in [0.5, 0.6) is 5.75 Å². The molecule has 3 nitrogen and oxygen atoms in total. The zero-order valence-corrected chi connectivity index (χ0v) is 17.1. The number of aromatic hydroxyl groups is 1. The zero-order chi connectivity index (χ0) is 19.2. The molecule has 1 aliphatic rings. The predicted octanol–water partition coefficient (Wildman–Crippen LogP) is 6.41. The lowest BCUT2D eigenvalue weighted by Gasteiger charge is -2.25. The second-order valence-corrected chi connectivity index (χ2v) is 9.25. The minimum atomic E-state index is -0.407. The third-order valence-corrected chi connectivity index (χ3v) is 6.78. The van der Waals surface area contributed by atoms with Crippen LogP contribution >= 0.6 is 11.8 Å². The molecule has 1 aromatic heterocycles. The van der Waals surface area contributed by atoms with Crippen LogP contribution in [0, 0.1) is 11.8 Å². The lowest BCUT2D eigenvalue weighted by Crippen LogP contribution is -2.16. The highest BCUT2D eigenvalue weighted by Crippen LogP contribution is 2.41. The van der Waals surface area contributed by atoms with Gasteiger partial charge < -0.3 is 9.52 Å². The molecular weight excluding hydrogens is 356 g/mol. The van der Waals surface area contributed by atoms with Gasteiger partial charge in [0.05, 0.1) is 5.56 Å². The molecule has 0 amide bonds. The summed E-state index contributed by atoms with van der Waals surface area (Å²) >= 11 is 1.82. The summed E-state index contributed by atoms with van der Waals surface area (Å²) in [5.41, 5.74) is 0.826. The van der Waals surface area contributed by atoms with E-state index >= 15 is 0 Å². The lowest BCUT2D eigenvalue weighted by molar-refractivity contribution is 0.390. The summed E-state index contributed by atoms with van der Waals surface area (Å²) in [6.07, 6.45) is 7.42. The zero-order valence-electron chi connectivity index (χ0n) is 16.3. The maximum atomic E-state index is 12.8. The minimum Gasteiger partial charge on any atom is -0.507 e. The fourth-order valence-corrected chi connectivity index (χ4v) is 5.58. The first-order valence-corrected chi connectivity index (χ1v) is 11.1. The number of hydrogen-bond acceptors (Lipinski definition) is 4. The smallest absolute Gasteiger partial charge is 0.344 e. The summed E-state index contributed by atoms with van der Waals surface area (Å²) in [5, 5.41) is 10.7. The van der Waals surface area contributed by atoms with E-state index in [1.807, 2.05) is 42.1 Å². The molecule has 4 heteroatoms. The third-order valence-electron chi connectivity index (χ3n) is 5.29. The number of thioether (sulfide) groups is 1. The monoisotopic (exact) mass is 386 g/mol. The van der Waals surface area contributed by atoms with E-state index in [0.29, 0.717) is 17.2 Å². The Kier molecular flexibility index (Phi) is 7.06. The molecular formula is C23H30O3S. The molecule has 0 bridgehead atoms. The van der Waals surface area contributed by atoms with Crippen molar-refractivity contribution in [2.45, 2.75) is 57.6 Å². The predicted molar refractivity (Wildman–Crippen MR) is 113 cm³/mol. The lowest BCUT2D eigenvalue weighted by atomic mass is 9.91. The highest BCUT2D eigenvalue weighted by molar-refractivity contribution is 7.99. The summed E-state index contributed by atoms with van der Waals surface area (Å²) in [4.78, 5) is 12.8. The molecule has 1 heterocycles. The van der Waals surface area contributed by atoms with Gasteiger partial charge >= 0.3 is 5.63 Å². The maximum absolute atomic E-state index is 12.8. The van der Waals surface area contributed by atoms with Gasteiger partial charge in [0.25, 0.3) is 0 Å². The van der Waals surface area contributed by atoms with E-state index in [4.69, 9.17) is 4.42 Å². The fraction of sp³-hybridized carbons (Fsp3) is 0.522. The quantitative estimate of drug-likeness (QED) is 0.597.